The standard InChI is InChI=1S/C27H39N9O6S3/c1-14(2)9-19(38)41-25(15(3)4)42-24(40)21-16(12-45-27-31-32-33-35(27)8-7-34(5)6)11-43-23-20(22(39)36(21)23)30-18(37)10-17-13-44-26(28)29-17/h13-15,20,23,25H,7-12H2,1-6H3,(H2,28,29)(H,30,37)/t20-,23-,25?/m1/s1. The van der Waals surface area contributed by atoms with Crippen molar-refractivity contribution >= 4 is 63.7 Å². The second-order valence-electron chi connectivity index (χ2n) is 11.6. The van der Waals surface area contributed by atoms with Gasteiger partial charge in [-0.1, -0.05) is 39.5 Å². The SMILES string of the molecule is CC(C)CC(=O)OC(OC(=O)C1=C(CSc2nnnn2CCN(C)C)CS[C@@H]2[C@H](NC(=O)Cc3csc(N)n3)C(=O)N12)C(C)C. The summed E-state index contributed by atoms with van der Waals surface area (Å²) in [7, 11) is 3.91. The van der Waals surface area contributed by atoms with Crippen LogP contribution in [0, 0.1) is 11.8 Å². The molecule has 246 valence electrons. The van der Waals surface area contributed by atoms with Crippen molar-refractivity contribution in [2.45, 2.75) is 69.9 Å². The average molecular weight is 682 g/mol. The lowest BCUT2D eigenvalue weighted by molar-refractivity contribution is -0.195. The second-order valence-corrected chi connectivity index (χ2v) is 14.6. The Hall–Kier alpha value is -3.22. The van der Waals surface area contributed by atoms with Crippen LogP contribution >= 0.6 is 34.9 Å². The number of nitrogens with zero attached hydrogens (tertiary/aromatic N) is 7. The number of hydrogen-bond donors (Lipinski definition) is 2. The Morgan fingerprint density at radius 1 is 1.22 bits per heavy atom. The molecule has 0 spiro atoms. The van der Waals surface area contributed by atoms with E-state index in [0.717, 1.165) is 6.54 Å². The number of thiazole rings is 1. The highest BCUT2D eigenvalue weighted by Crippen LogP contribution is 2.42. The Labute approximate surface area is 274 Å². The number of ether oxygens (including phenoxy) is 2. The van der Waals surface area contributed by atoms with Crippen molar-refractivity contribution in [1.82, 2.24) is 40.3 Å². The minimum Gasteiger partial charge on any atom is -0.425 e. The van der Waals surface area contributed by atoms with E-state index >= 15 is 0 Å². The molecule has 3 atom stereocenters. The lowest BCUT2D eigenvalue weighted by Gasteiger charge is -2.49. The third kappa shape index (κ3) is 8.95. The average Bonchev–Trinajstić information content (AvgIpc) is 3.59. The minimum atomic E-state index is -1.14. The summed E-state index contributed by atoms with van der Waals surface area (Å²) < 4.78 is 12.9. The summed E-state index contributed by atoms with van der Waals surface area (Å²) in [6.07, 6.45) is -0.998. The zero-order valence-corrected chi connectivity index (χ0v) is 28.5. The molecule has 2 aromatic heterocycles. The van der Waals surface area contributed by atoms with Gasteiger partial charge >= 0.3 is 11.9 Å². The molecular formula is C27H39N9O6S3. The van der Waals surface area contributed by atoms with Gasteiger partial charge in [0, 0.05) is 35.8 Å². The lowest BCUT2D eigenvalue weighted by atomic mass is 10.0. The predicted molar refractivity (Wildman–Crippen MR) is 170 cm³/mol. The molecule has 4 heterocycles. The number of nitrogen functional groups attached to an aromatic ring is 1. The van der Waals surface area contributed by atoms with Gasteiger partial charge in [-0.25, -0.2) is 14.5 Å². The van der Waals surface area contributed by atoms with Crippen LogP contribution in [0.2, 0.25) is 0 Å². The molecule has 3 N–H and O–H groups in total. The molecule has 1 saturated heterocycles. The number of rotatable bonds is 15. The van der Waals surface area contributed by atoms with Gasteiger partial charge in [-0.15, -0.1) is 28.2 Å². The monoisotopic (exact) mass is 681 g/mol. The van der Waals surface area contributed by atoms with E-state index in [4.69, 9.17) is 15.2 Å². The van der Waals surface area contributed by atoms with Crippen LogP contribution in [0.4, 0.5) is 5.13 Å². The fourth-order valence-corrected chi connectivity index (χ4v) is 7.38. The molecule has 2 amide bonds. The van der Waals surface area contributed by atoms with Crippen LogP contribution in [0.25, 0.3) is 0 Å². The van der Waals surface area contributed by atoms with Crippen molar-refractivity contribution in [2.24, 2.45) is 11.8 Å². The first-order valence-electron chi connectivity index (χ1n) is 14.4. The van der Waals surface area contributed by atoms with E-state index in [9.17, 15) is 19.2 Å². The van der Waals surface area contributed by atoms with Gasteiger partial charge in [0.05, 0.1) is 18.7 Å². The highest BCUT2D eigenvalue weighted by Gasteiger charge is 2.54. The maximum Gasteiger partial charge on any atom is 0.358 e. The number of anilines is 1. The molecule has 0 aromatic carbocycles. The molecule has 0 radical (unpaired) electrons. The third-order valence-electron chi connectivity index (χ3n) is 6.69. The number of tetrazole rings is 1. The Morgan fingerprint density at radius 3 is 2.62 bits per heavy atom. The molecular weight excluding hydrogens is 643 g/mol. The van der Waals surface area contributed by atoms with E-state index in [1.54, 1.807) is 23.9 Å². The Bertz CT molecular complexity index is 1430. The molecule has 2 aliphatic heterocycles. The number of carbonyl (C=O) groups excluding carboxylic acids is 4. The summed E-state index contributed by atoms with van der Waals surface area (Å²) in [5.74, 6) is -1.66. The number of carbonyl (C=O) groups is 4. The summed E-state index contributed by atoms with van der Waals surface area (Å²) >= 11 is 4.00. The normalized spacial score (nSPS) is 18.7. The topological polar surface area (TPSA) is 188 Å². The maximum atomic E-state index is 13.8. The van der Waals surface area contributed by atoms with Crippen LogP contribution in [0.1, 0.15) is 39.8 Å². The van der Waals surface area contributed by atoms with Crippen molar-refractivity contribution in [3.8, 4) is 0 Å². The summed E-state index contributed by atoms with van der Waals surface area (Å²) in [6.45, 7) is 8.63. The Balaban J connectivity index is 1.54. The molecule has 2 aromatic rings. The van der Waals surface area contributed by atoms with E-state index in [1.807, 2.05) is 32.8 Å². The Kier molecular flexibility index (Phi) is 11.8. The number of amides is 2. The summed E-state index contributed by atoms with van der Waals surface area (Å²) in [5, 5.41) is 16.8. The van der Waals surface area contributed by atoms with Crippen molar-refractivity contribution in [3.05, 3.63) is 22.3 Å². The smallest absolute Gasteiger partial charge is 0.358 e. The van der Waals surface area contributed by atoms with E-state index in [0.29, 0.717) is 39.6 Å². The van der Waals surface area contributed by atoms with Gasteiger partial charge in [0.2, 0.25) is 17.4 Å². The number of β-lactam (4-membered cyclic amide) rings is 1. The van der Waals surface area contributed by atoms with E-state index in [-0.39, 0.29) is 36.3 Å². The number of esters is 2. The quantitative estimate of drug-likeness (QED) is 0.119. The zero-order valence-electron chi connectivity index (χ0n) is 26.1. The van der Waals surface area contributed by atoms with Gasteiger partial charge in [-0.3, -0.25) is 19.3 Å². The number of hydrogen-bond acceptors (Lipinski definition) is 15. The molecule has 18 heteroatoms. The number of fused-ring (bicyclic) bond motifs is 1. The fraction of sp³-hybridized carbons (Fsp3) is 0.630. The van der Waals surface area contributed by atoms with Crippen LogP contribution in [0.5, 0.6) is 0 Å². The maximum absolute atomic E-state index is 13.8. The fourth-order valence-electron chi connectivity index (χ4n) is 4.43. The van der Waals surface area contributed by atoms with Crippen LogP contribution < -0.4 is 11.1 Å². The lowest BCUT2D eigenvalue weighted by Crippen LogP contribution is -2.70. The van der Waals surface area contributed by atoms with Gasteiger partial charge in [0.25, 0.3) is 5.91 Å². The number of aromatic nitrogens is 5. The van der Waals surface area contributed by atoms with Crippen molar-refractivity contribution in [3.63, 3.8) is 0 Å². The van der Waals surface area contributed by atoms with Crippen molar-refractivity contribution < 1.29 is 28.7 Å². The largest absolute Gasteiger partial charge is 0.425 e. The van der Waals surface area contributed by atoms with Gasteiger partial charge < -0.3 is 25.4 Å². The minimum absolute atomic E-state index is 0.0259. The molecule has 0 aliphatic carbocycles. The number of nitrogens with one attached hydrogen (secondary N) is 1. The van der Waals surface area contributed by atoms with E-state index < -0.39 is 35.6 Å². The molecule has 4 rings (SSSR count). The van der Waals surface area contributed by atoms with Crippen LogP contribution in [-0.4, -0.2) is 109 Å². The first kappa shape index (κ1) is 34.6. The van der Waals surface area contributed by atoms with E-state index in [1.165, 1.54) is 39.8 Å². The van der Waals surface area contributed by atoms with Crippen LogP contribution in [0.3, 0.4) is 0 Å². The van der Waals surface area contributed by atoms with Crippen molar-refractivity contribution in [2.75, 3.05) is 37.9 Å². The molecule has 1 unspecified atom stereocenters. The number of thioether (sulfide) groups is 2. The third-order valence-corrected chi connectivity index (χ3v) is 9.80. The highest BCUT2D eigenvalue weighted by molar-refractivity contribution is 8.01. The molecule has 45 heavy (non-hydrogen) atoms. The first-order valence-corrected chi connectivity index (χ1v) is 17.4. The molecule has 0 bridgehead atoms. The van der Waals surface area contributed by atoms with Crippen molar-refractivity contribution in [1.29, 1.82) is 0 Å². The van der Waals surface area contributed by atoms with Gasteiger partial charge in [-0.05, 0) is 36.0 Å². The predicted octanol–water partition coefficient (Wildman–Crippen LogP) is 1.38. The molecule has 15 nitrogen and oxygen atoms in total. The summed E-state index contributed by atoms with van der Waals surface area (Å²) in [4.78, 5) is 59.9. The van der Waals surface area contributed by atoms with Crippen LogP contribution in [0.15, 0.2) is 21.8 Å². The molecule has 0 saturated carbocycles. The highest BCUT2D eigenvalue weighted by atomic mass is 32.2. The number of likely N-dealkylation sites (N-methyl/N-ethyl adjacent to an activating group) is 1. The number of nitrogens with two attached hydrogens (primary N) is 1. The van der Waals surface area contributed by atoms with Gasteiger partial charge in [-0.2, -0.15) is 0 Å². The van der Waals surface area contributed by atoms with Crippen LogP contribution in [-0.2, 0) is 41.6 Å². The molecule has 2 aliphatic rings. The zero-order chi connectivity index (χ0) is 32.8. The van der Waals surface area contributed by atoms with E-state index in [2.05, 4.69) is 25.8 Å². The second kappa shape index (κ2) is 15.4. The van der Waals surface area contributed by atoms with Gasteiger partial charge in [0.15, 0.2) is 5.13 Å². The Morgan fingerprint density at radius 2 is 1.98 bits per heavy atom. The molecule has 1 fully saturated rings. The summed E-state index contributed by atoms with van der Waals surface area (Å²) in [5.41, 5.74) is 6.90. The first-order chi connectivity index (χ1) is 21.3. The summed E-state index contributed by atoms with van der Waals surface area (Å²) in [6, 6.07) is -0.835. The van der Waals surface area contributed by atoms with Gasteiger partial charge in [0.1, 0.15) is 17.1 Å².